The second-order valence-corrected chi connectivity index (χ2v) is 5.44. The Bertz CT molecular complexity index is 219. The third-order valence-electron chi connectivity index (χ3n) is 4.04. The Morgan fingerprint density at radius 1 is 1.12 bits per heavy atom. The average molecular weight is 241 g/mol. The van der Waals surface area contributed by atoms with Crippen LogP contribution < -0.4 is 5.32 Å². The molecule has 0 aromatic rings. The van der Waals surface area contributed by atoms with E-state index < -0.39 is 0 Å². The molecule has 0 saturated carbocycles. The summed E-state index contributed by atoms with van der Waals surface area (Å²) < 4.78 is 5.38. The molecule has 2 heterocycles. The highest BCUT2D eigenvalue weighted by atomic mass is 16.5. The van der Waals surface area contributed by atoms with E-state index in [4.69, 9.17) is 4.74 Å². The van der Waals surface area contributed by atoms with Gasteiger partial charge in [0.1, 0.15) is 0 Å². The van der Waals surface area contributed by atoms with Crippen LogP contribution in [0.2, 0.25) is 0 Å². The Hall–Kier alpha value is -0.160. The van der Waals surface area contributed by atoms with Gasteiger partial charge in [-0.25, -0.2) is 0 Å². The lowest BCUT2D eigenvalue weighted by molar-refractivity contribution is 0.0317. The molecular weight excluding hydrogens is 214 g/mol. The van der Waals surface area contributed by atoms with Crippen LogP contribution in [-0.2, 0) is 4.74 Å². The second kappa shape index (κ2) is 6.69. The standard InChI is InChI=1S/C13H27N3O/c1-12-3-4-16(13(2)11-14-12)6-5-15-7-9-17-10-8-15/h12-14H,3-11H2,1-2H3. The molecule has 0 bridgehead atoms. The Kier molecular flexibility index (Phi) is 5.22. The number of morpholine rings is 1. The number of hydrogen-bond donors (Lipinski definition) is 1. The van der Waals surface area contributed by atoms with Gasteiger partial charge in [-0.15, -0.1) is 0 Å². The van der Waals surface area contributed by atoms with Gasteiger partial charge in [0.2, 0.25) is 0 Å². The van der Waals surface area contributed by atoms with Crippen molar-refractivity contribution in [2.75, 3.05) is 52.5 Å². The van der Waals surface area contributed by atoms with Crippen molar-refractivity contribution in [3.8, 4) is 0 Å². The Balaban J connectivity index is 1.72. The number of nitrogens with one attached hydrogen (secondary N) is 1. The van der Waals surface area contributed by atoms with Crippen molar-refractivity contribution >= 4 is 0 Å². The van der Waals surface area contributed by atoms with Crippen molar-refractivity contribution in [1.29, 1.82) is 0 Å². The number of ether oxygens (including phenoxy) is 1. The third kappa shape index (κ3) is 4.21. The van der Waals surface area contributed by atoms with E-state index in [2.05, 4.69) is 29.0 Å². The summed E-state index contributed by atoms with van der Waals surface area (Å²) in [6, 6.07) is 1.34. The molecule has 0 aromatic carbocycles. The zero-order valence-electron chi connectivity index (χ0n) is 11.3. The molecule has 0 radical (unpaired) electrons. The van der Waals surface area contributed by atoms with E-state index in [9.17, 15) is 0 Å². The summed E-state index contributed by atoms with van der Waals surface area (Å²) >= 11 is 0. The quantitative estimate of drug-likeness (QED) is 0.774. The average Bonchev–Trinajstić information content (AvgIpc) is 2.52. The summed E-state index contributed by atoms with van der Waals surface area (Å²) in [6.07, 6.45) is 1.27. The molecule has 100 valence electrons. The first-order valence-electron chi connectivity index (χ1n) is 7.03. The summed E-state index contributed by atoms with van der Waals surface area (Å²) in [5, 5.41) is 3.59. The number of rotatable bonds is 3. The topological polar surface area (TPSA) is 27.7 Å². The molecular formula is C13H27N3O. The largest absolute Gasteiger partial charge is 0.379 e. The van der Waals surface area contributed by atoms with Crippen LogP contribution in [0, 0.1) is 0 Å². The molecule has 0 spiro atoms. The molecule has 2 atom stereocenters. The third-order valence-corrected chi connectivity index (χ3v) is 4.04. The number of nitrogens with zero attached hydrogens (tertiary/aromatic N) is 2. The minimum absolute atomic E-state index is 0.668. The van der Waals surface area contributed by atoms with Crippen molar-refractivity contribution in [3.05, 3.63) is 0 Å². The first-order chi connectivity index (χ1) is 8.25. The van der Waals surface area contributed by atoms with Gasteiger partial charge in [0.15, 0.2) is 0 Å². The SMILES string of the molecule is CC1CCN(CCN2CCOCC2)C(C)CN1. The van der Waals surface area contributed by atoms with Crippen molar-refractivity contribution in [2.24, 2.45) is 0 Å². The van der Waals surface area contributed by atoms with Crippen molar-refractivity contribution in [1.82, 2.24) is 15.1 Å². The van der Waals surface area contributed by atoms with Crippen molar-refractivity contribution in [3.63, 3.8) is 0 Å². The molecule has 4 nitrogen and oxygen atoms in total. The van der Waals surface area contributed by atoms with Crippen LogP contribution in [0.3, 0.4) is 0 Å². The highest BCUT2D eigenvalue weighted by Crippen LogP contribution is 2.08. The normalized spacial score (nSPS) is 33.5. The van der Waals surface area contributed by atoms with Gasteiger partial charge in [-0.3, -0.25) is 9.80 Å². The molecule has 0 aromatic heterocycles. The fourth-order valence-corrected chi connectivity index (χ4v) is 2.61. The van der Waals surface area contributed by atoms with Crippen LogP contribution in [0.4, 0.5) is 0 Å². The molecule has 2 rings (SSSR count). The molecule has 2 aliphatic rings. The highest BCUT2D eigenvalue weighted by molar-refractivity contribution is 4.79. The smallest absolute Gasteiger partial charge is 0.0594 e. The van der Waals surface area contributed by atoms with Gasteiger partial charge in [-0.05, 0) is 26.8 Å². The van der Waals surface area contributed by atoms with E-state index in [1.807, 2.05) is 0 Å². The van der Waals surface area contributed by atoms with Crippen LogP contribution in [0.1, 0.15) is 20.3 Å². The Morgan fingerprint density at radius 2 is 1.88 bits per heavy atom. The Morgan fingerprint density at radius 3 is 2.65 bits per heavy atom. The van der Waals surface area contributed by atoms with Crippen LogP contribution in [0.5, 0.6) is 0 Å². The molecule has 0 aliphatic carbocycles. The van der Waals surface area contributed by atoms with Gasteiger partial charge in [0.25, 0.3) is 0 Å². The maximum absolute atomic E-state index is 5.38. The van der Waals surface area contributed by atoms with Crippen molar-refractivity contribution in [2.45, 2.75) is 32.4 Å². The lowest BCUT2D eigenvalue weighted by atomic mass is 10.2. The maximum atomic E-state index is 5.38. The Labute approximate surface area is 105 Å². The van der Waals surface area contributed by atoms with E-state index in [-0.39, 0.29) is 0 Å². The van der Waals surface area contributed by atoms with E-state index in [1.165, 1.54) is 26.1 Å². The van der Waals surface area contributed by atoms with Gasteiger partial charge in [-0.2, -0.15) is 0 Å². The van der Waals surface area contributed by atoms with Crippen LogP contribution >= 0.6 is 0 Å². The monoisotopic (exact) mass is 241 g/mol. The van der Waals surface area contributed by atoms with Crippen molar-refractivity contribution < 1.29 is 4.74 Å². The predicted molar refractivity (Wildman–Crippen MR) is 70.4 cm³/mol. The van der Waals surface area contributed by atoms with Crippen LogP contribution in [0.15, 0.2) is 0 Å². The molecule has 2 saturated heterocycles. The van der Waals surface area contributed by atoms with E-state index in [0.717, 1.165) is 32.8 Å². The van der Waals surface area contributed by atoms with Gasteiger partial charge >= 0.3 is 0 Å². The maximum Gasteiger partial charge on any atom is 0.0594 e. The van der Waals surface area contributed by atoms with Gasteiger partial charge in [-0.1, -0.05) is 0 Å². The fraction of sp³-hybridized carbons (Fsp3) is 1.00. The van der Waals surface area contributed by atoms with Gasteiger partial charge < -0.3 is 10.1 Å². The molecule has 2 unspecified atom stereocenters. The van der Waals surface area contributed by atoms with E-state index in [1.54, 1.807) is 0 Å². The van der Waals surface area contributed by atoms with Gasteiger partial charge in [0.05, 0.1) is 13.2 Å². The highest BCUT2D eigenvalue weighted by Gasteiger charge is 2.20. The second-order valence-electron chi connectivity index (χ2n) is 5.44. The number of hydrogen-bond acceptors (Lipinski definition) is 4. The molecule has 2 aliphatic heterocycles. The van der Waals surface area contributed by atoms with Crippen LogP contribution in [0.25, 0.3) is 0 Å². The summed E-state index contributed by atoms with van der Waals surface area (Å²) in [6.45, 7) is 13.4. The summed E-state index contributed by atoms with van der Waals surface area (Å²) in [5.74, 6) is 0. The van der Waals surface area contributed by atoms with E-state index in [0.29, 0.717) is 12.1 Å². The molecule has 0 amide bonds. The molecule has 4 heteroatoms. The molecule has 1 N–H and O–H groups in total. The summed E-state index contributed by atoms with van der Waals surface area (Å²) in [4.78, 5) is 5.16. The van der Waals surface area contributed by atoms with Gasteiger partial charge in [0, 0.05) is 44.8 Å². The minimum atomic E-state index is 0.668. The molecule has 17 heavy (non-hydrogen) atoms. The zero-order chi connectivity index (χ0) is 12.1. The first kappa shape index (κ1) is 13.3. The minimum Gasteiger partial charge on any atom is -0.379 e. The summed E-state index contributed by atoms with van der Waals surface area (Å²) in [5.41, 5.74) is 0. The van der Waals surface area contributed by atoms with Crippen LogP contribution in [-0.4, -0.2) is 74.4 Å². The molecule has 2 fully saturated rings. The lowest BCUT2D eigenvalue weighted by Gasteiger charge is -2.32. The summed E-state index contributed by atoms with van der Waals surface area (Å²) in [7, 11) is 0. The van der Waals surface area contributed by atoms with E-state index >= 15 is 0 Å². The zero-order valence-corrected chi connectivity index (χ0v) is 11.3. The predicted octanol–water partition coefficient (Wildman–Crippen LogP) is 0.391. The lowest BCUT2D eigenvalue weighted by Crippen LogP contribution is -2.45. The fourth-order valence-electron chi connectivity index (χ4n) is 2.61. The first-order valence-corrected chi connectivity index (χ1v) is 7.03.